The minimum absolute atomic E-state index is 0.0177. The molecule has 1 atom stereocenters. The molecule has 0 saturated heterocycles. The van der Waals surface area contributed by atoms with Gasteiger partial charge < -0.3 is 13.9 Å². The average molecular weight is 401 g/mol. The highest BCUT2D eigenvalue weighted by molar-refractivity contribution is 6.35. The molecule has 2 aromatic rings. The minimum Gasteiger partial charge on any atom is -0.477 e. The van der Waals surface area contributed by atoms with Crippen LogP contribution in [0.25, 0.3) is 0 Å². The van der Waals surface area contributed by atoms with E-state index in [4.69, 9.17) is 37.1 Å². The maximum absolute atomic E-state index is 11.9. The Kier molecular flexibility index (Phi) is 6.88. The van der Waals surface area contributed by atoms with Crippen LogP contribution in [0.15, 0.2) is 41.0 Å². The molecule has 0 bridgehead atoms. The number of furan rings is 1. The van der Waals surface area contributed by atoms with Crippen molar-refractivity contribution in [2.24, 2.45) is 0 Å². The monoisotopic (exact) mass is 400 g/mol. The van der Waals surface area contributed by atoms with Crippen LogP contribution in [0.3, 0.4) is 0 Å². The zero-order valence-corrected chi connectivity index (χ0v) is 15.0. The predicted octanol–water partition coefficient (Wildman–Crippen LogP) is 2.36. The van der Waals surface area contributed by atoms with Crippen molar-refractivity contribution in [2.45, 2.75) is 13.0 Å². The van der Waals surface area contributed by atoms with Gasteiger partial charge >= 0.3 is 11.9 Å². The van der Waals surface area contributed by atoms with Crippen LogP contribution in [-0.2, 0) is 14.3 Å². The first-order chi connectivity index (χ1) is 12.4. The van der Waals surface area contributed by atoms with Crippen LogP contribution in [0.4, 0.5) is 0 Å². The van der Waals surface area contributed by atoms with Gasteiger partial charge in [-0.2, -0.15) is 0 Å². The van der Waals surface area contributed by atoms with E-state index in [2.05, 4.69) is 10.9 Å². The number of hydrogen-bond donors (Lipinski definition) is 2. The largest absolute Gasteiger partial charge is 0.477 e. The van der Waals surface area contributed by atoms with Crippen LogP contribution in [-0.4, -0.2) is 30.5 Å². The van der Waals surface area contributed by atoms with E-state index in [9.17, 15) is 14.4 Å². The summed E-state index contributed by atoms with van der Waals surface area (Å²) < 4.78 is 15.0. The topological polar surface area (TPSA) is 107 Å². The Morgan fingerprint density at radius 1 is 1.19 bits per heavy atom. The molecule has 26 heavy (non-hydrogen) atoms. The lowest BCUT2D eigenvalue weighted by Gasteiger charge is -2.15. The van der Waals surface area contributed by atoms with E-state index in [0.29, 0.717) is 5.02 Å². The zero-order chi connectivity index (χ0) is 19.1. The van der Waals surface area contributed by atoms with Gasteiger partial charge in [0, 0.05) is 5.02 Å². The maximum Gasteiger partial charge on any atom is 0.347 e. The lowest BCUT2D eigenvalue weighted by Crippen LogP contribution is -2.44. The van der Waals surface area contributed by atoms with Crippen molar-refractivity contribution in [2.75, 3.05) is 6.61 Å². The molecule has 0 fully saturated rings. The van der Waals surface area contributed by atoms with Gasteiger partial charge in [-0.3, -0.25) is 20.4 Å². The fourth-order valence-corrected chi connectivity index (χ4v) is 2.15. The van der Waals surface area contributed by atoms with E-state index in [1.807, 2.05) is 0 Å². The van der Waals surface area contributed by atoms with Crippen LogP contribution in [0.2, 0.25) is 10.0 Å². The smallest absolute Gasteiger partial charge is 0.347 e. The van der Waals surface area contributed by atoms with Crippen molar-refractivity contribution >= 4 is 41.0 Å². The molecule has 0 aliphatic heterocycles. The van der Waals surface area contributed by atoms with Crippen molar-refractivity contribution in [3.8, 4) is 5.75 Å². The van der Waals surface area contributed by atoms with Crippen molar-refractivity contribution in [3.05, 3.63) is 52.4 Å². The molecule has 8 nitrogen and oxygen atoms in total. The van der Waals surface area contributed by atoms with Gasteiger partial charge in [-0.05, 0) is 37.3 Å². The summed E-state index contributed by atoms with van der Waals surface area (Å²) in [6.07, 6.45) is 0.298. The Labute approximate surface area is 158 Å². The Morgan fingerprint density at radius 3 is 2.62 bits per heavy atom. The lowest BCUT2D eigenvalue weighted by atomic mass is 10.3. The highest BCUT2D eigenvalue weighted by Crippen LogP contribution is 2.28. The number of halogens is 2. The second kappa shape index (κ2) is 9.12. The molecule has 1 aromatic heterocycles. The average Bonchev–Trinajstić information content (AvgIpc) is 3.14. The normalized spacial score (nSPS) is 11.3. The fourth-order valence-electron chi connectivity index (χ4n) is 1.70. The molecule has 0 saturated carbocycles. The van der Waals surface area contributed by atoms with E-state index in [1.54, 1.807) is 6.07 Å². The first-order valence-electron chi connectivity index (χ1n) is 7.28. The molecular formula is C16H14Cl2N2O6. The summed E-state index contributed by atoms with van der Waals surface area (Å²) in [4.78, 5) is 35.0. The first kappa shape index (κ1) is 19.6. The van der Waals surface area contributed by atoms with Crippen LogP contribution >= 0.6 is 23.2 Å². The fraction of sp³-hybridized carbons (Fsp3) is 0.188. The summed E-state index contributed by atoms with van der Waals surface area (Å²) in [5.41, 5.74) is 4.18. The molecule has 2 N–H and O–H groups in total. The van der Waals surface area contributed by atoms with Gasteiger partial charge in [0.05, 0.1) is 11.3 Å². The van der Waals surface area contributed by atoms with Crippen molar-refractivity contribution in [3.63, 3.8) is 0 Å². The number of carbonyl (C=O) groups is 3. The molecular weight excluding hydrogens is 387 g/mol. The van der Waals surface area contributed by atoms with E-state index in [1.165, 1.54) is 37.5 Å². The van der Waals surface area contributed by atoms with Crippen molar-refractivity contribution in [1.29, 1.82) is 0 Å². The van der Waals surface area contributed by atoms with Crippen LogP contribution in [0.1, 0.15) is 17.5 Å². The van der Waals surface area contributed by atoms with Gasteiger partial charge in [0.25, 0.3) is 5.91 Å². The summed E-state index contributed by atoms with van der Waals surface area (Å²) in [6.45, 7) is 0.823. The molecule has 0 unspecified atom stereocenters. The number of ether oxygens (including phenoxy) is 2. The Bertz CT molecular complexity index is 794. The number of carbonyl (C=O) groups excluding carboxylic acids is 3. The number of nitrogens with one attached hydrogen (secondary N) is 2. The van der Waals surface area contributed by atoms with Gasteiger partial charge in [-0.1, -0.05) is 23.2 Å². The molecule has 2 amide bonds. The third-order valence-corrected chi connectivity index (χ3v) is 3.47. The standard InChI is InChI=1S/C16H14Cl2N2O6/c1-9(26-12-5-4-10(17)7-11(12)18)16(23)25-8-14(21)19-20-15(22)13-3-2-6-24-13/h2-7,9H,8H2,1H3,(H,19,21)(H,20,22)/t9-/m1/s1. The van der Waals surface area contributed by atoms with E-state index >= 15 is 0 Å². The van der Waals surface area contributed by atoms with Crippen LogP contribution in [0.5, 0.6) is 5.75 Å². The number of esters is 1. The van der Waals surface area contributed by atoms with E-state index in [-0.39, 0.29) is 16.5 Å². The number of benzene rings is 1. The third-order valence-electron chi connectivity index (χ3n) is 2.94. The highest BCUT2D eigenvalue weighted by Gasteiger charge is 2.19. The molecule has 1 aromatic carbocycles. The van der Waals surface area contributed by atoms with Crippen LogP contribution < -0.4 is 15.6 Å². The third kappa shape index (κ3) is 5.68. The number of hydrazine groups is 1. The van der Waals surface area contributed by atoms with Crippen LogP contribution in [0, 0.1) is 0 Å². The molecule has 0 aliphatic carbocycles. The SMILES string of the molecule is C[C@@H](Oc1ccc(Cl)cc1Cl)C(=O)OCC(=O)NNC(=O)c1ccco1. The highest BCUT2D eigenvalue weighted by atomic mass is 35.5. The quantitative estimate of drug-likeness (QED) is 0.569. The molecule has 0 radical (unpaired) electrons. The Hall–Kier alpha value is -2.71. The summed E-state index contributed by atoms with van der Waals surface area (Å²) in [5, 5.41) is 0.654. The van der Waals surface area contributed by atoms with E-state index < -0.39 is 30.5 Å². The molecule has 1 heterocycles. The minimum atomic E-state index is -1.01. The maximum atomic E-state index is 11.9. The van der Waals surface area contributed by atoms with Crippen molar-refractivity contribution < 1.29 is 28.3 Å². The Balaban J connectivity index is 1.74. The predicted molar refractivity (Wildman–Crippen MR) is 91.8 cm³/mol. The first-order valence-corrected chi connectivity index (χ1v) is 8.03. The molecule has 2 rings (SSSR count). The van der Waals surface area contributed by atoms with Gasteiger partial charge in [-0.15, -0.1) is 0 Å². The molecule has 0 aliphatic rings. The summed E-state index contributed by atoms with van der Waals surface area (Å²) in [5.74, 6) is -1.91. The number of amides is 2. The van der Waals surface area contributed by atoms with E-state index in [0.717, 1.165) is 0 Å². The lowest BCUT2D eigenvalue weighted by molar-refractivity contribution is -0.154. The molecule has 0 spiro atoms. The van der Waals surface area contributed by atoms with Gasteiger partial charge in [0.2, 0.25) is 0 Å². The summed E-state index contributed by atoms with van der Waals surface area (Å²) in [6, 6.07) is 7.46. The summed E-state index contributed by atoms with van der Waals surface area (Å²) in [7, 11) is 0. The van der Waals surface area contributed by atoms with Gasteiger partial charge in [0.1, 0.15) is 5.75 Å². The second-order valence-corrected chi connectivity index (χ2v) is 5.77. The van der Waals surface area contributed by atoms with Gasteiger partial charge in [-0.25, -0.2) is 4.79 Å². The number of rotatable bonds is 6. The van der Waals surface area contributed by atoms with Gasteiger partial charge in [0.15, 0.2) is 18.5 Å². The zero-order valence-electron chi connectivity index (χ0n) is 13.5. The molecule has 10 heteroatoms. The summed E-state index contributed by atoms with van der Waals surface area (Å²) >= 11 is 11.7. The number of hydrogen-bond acceptors (Lipinski definition) is 6. The second-order valence-electron chi connectivity index (χ2n) is 4.92. The Morgan fingerprint density at radius 2 is 1.96 bits per heavy atom. The molecule has 138 valence electrons. The van der Waals surface area contributed by atoms with Crippen molar-refractivity contribution in [1.82, 2.24) is 10.9 Å².